The summed E-state index contributed by atoms with van der Waals surface area (Å²) in [6.45, 7) is 0.280. The molecule has 3 nitrogen and oxygen atoms in total. The van der Waals surface area contributed by atoms with Crippen molar-refractivity contribution in [2.24, 2.45) is 0 Å². The van der Waals surface area contributed by atoms with Gasteiger partial charge in [0.25, 0.3) is 0 Å². The van der Waals surface area contributed by atoms with Gasteiger partial charge in [-0.1, -0.05) is 12.8 Å². The Hall–Kier alpha value is -1.42. The van der Waals surface area contributed by atoms with Gasteiger partial charge < -0.3 is 9.84 Å². The maximum Gasteiger partial charge on any atom is 0.335 e. The summed E-state index contributed by atoms with van der Waals surface area (Å²) in [4.78, 5) is 10.8. The maximum atomic E-state index is 13.2. The SMILES string of the molecule is O=C(O)c1cc(F)cc(COC2CCCC2)c1. The first-order valence-corrected chi connectivity index (χ1v) is 5.79. The van der Waals surface area contributed by atoms with Crippen LogP contribution in [0.5, 0.6) is 0 Å². The molecular formula is C13H15FO3. The number of benzene rings is 1. The molecule has 0 unspecified atom stereocenters. The van der Waals surface area contributed by atoms with Gasteiger partial charge in [-0.05, 0) is 36.6 Å². The van der Waals surface area contributed by atoms with Crippen LogP contribution in [0.2, 0.25) is 0 Å². The largest absolute Gasteiger partial charge is 0.478 e. The second kappa shape index (κ2) is 5.27. The van der Waals surface area contributed by atoms with Gasteiger partial charge in [-0.2, -0.15) is 0 Å². The molecule has 1 N–H and O–H groups in total. The number of rotatable bonds is 4. The number of ether oxygens (including phenoxy) is 1. The highest BCUT2D eigenvalue weighted by molar-refractivity contribution is 5.87. The predicted octanol–water partition coefficient (Wildman–Crippen LogP) is 2.98. The standard InChI is InChI=1S/C13H15FO3/c14-11-6-9(5-10(7-11)13(15)16)8-17-12-3-1-2-4-12/h5-7,12H,1-4,8H2,(H,15,16). The Balaban J connectivity index is 2.01. The minimum Gasteiger partial charge on any atom is -0.478 e. The van der Waals surface area contributed by atoms with Crippen molar-refractivity contribution >= 4 is 5.97 Å². The first kappa shape index (κ1) is 12.0. The number of halogens is 1. The molecule has 0 saturated heterocycles. The molecule has 1 fully saturated rings. The molecule has 0 spiro atoms. The zero-order valence-corrected chi connectivity index (χ0v) is 9.49. The Kier molecular flexibility index (Phi) is 3.74. The molecule has 1 aromatic carbocycles. The summed E-state index contributed by atoms with van der Waals surface area (Å²) >= 11 is 0. The zero-order chi connectivity index (χ0) is 12.3. The lowest BCUT2D eigenvalue weighted by Gasteiger charge is -2.11. The Morgan fingerprint density at radius 2 is 2.06 bits per heavy atom. The van der Waals surface area contributed by atoms with E-state index in [1.165, 1.54) is 25.0 Å². The lowest BCUT2D eigenvalue weighted by Crippen LogP contribution is -2.08. The normalized spacial score (nSPS) is 16.3. The van der Waals surface area contributed by atoms with E-state index in [2.05, 4.69) is 0 Å². The van der Waals surface area contributed by atoms with Gasteiger partial charge in [0.15, 0.2) is 0 Å². The van der Waals surface area contributed by atoms with Gasteiger partial charge in [-0.25, -0.2) is 9.18 Å². The van der Waals surface area contributed by atoms with E-state index in [0.717, 1.165) is 18.9 Å². The van der Waals surface area contributed by atoms with Crippen molar-refractivity contribution in [2.45, 2.75) is 38.4 Å². The maximum absolute atomic E-state index is 13.2. The van der Waals surface area contributed by atoms with Crippen LogP contribution in [0.4, 0.5) is 4.39 Å². The van der Waals surface area contributed by atoms with Crippen LogP contribution in [0.25, 0.3) is 0 Å². The molecule has 0 radical (unpaired) electrons. The topological polar surface area (TPSA) is 46.5 Å². The molecule has 1 saturated carbocycles. The number of aromatic carboxylic acids is 1. The molecule has 92 valence electrons. The molecule has 0 aromatic heterocycles. The van der Waals surface area contributed by atoms with E-state index in [9.17, 15) is 9.18 Å². The van der Waals surface area contributed by atoms with Crippen molar-refractivity contribution in [2.75, 3.05) is 0 Å². The van der Waals surface area contributed by atoms with Crippen LogP contribution in [0.3, 0.4) is 0 Å². The van der Waals surface area contributed by atoms with E-state index in [1.54, 1.807) is 0 Å². The van der Waals surface area contributed by atoms with Crippen molar-refractivity contribution in [1.29, 1.82) is 0 Å². The van der Waals surface area contributed by atoms with E-state index < -0.39 is 11.8 Å². The van der Waals surface area contributed by atoms with Crippen LogP contribution < -0.4 is 0 Å². The number of carboxylic acids is 1. The summed E-state index contributed by atoms with van der Waals surface area (Å²) in [5.41, 5.74) is 0.546. The monoisotopic (exact) mass is 238 g/mol. The Bertz CT molecular complexity index is 411. The molecule has 1 aliphatic carbocycles. The van der Waals surface area contributed by atoms with Crippen LogP contribution in [0.1, 0.15) is 41.6 Å². The fraction of sp³-hybridized carbons (Fsp3) is 0.462. The third-order valence-electron chi connectivity index (χ3n) is 2.99. The Morgan fingerprint density at radius 3 is 2.71 bits per heavy atom. The van der Waals surface area contributed by atoms with Crippen LogP contribution in [0, 0.1) is 5.82 Å². The highest BCUT2D eigenvalue weighted by Crippen LogP contribution is 2.22. The van der Waals surface area contributed by atoms with Crippen molar-refractivity contribution in [3.05, 3.63) is 35.1 Å². The first-order valence-electron chi connectivity index (χ1n) is 5.79. The number of hydrogen-bond acceptors (Lipinski definition) is 2. The fourth-order valence-corrected chi connectivity index (χ4v) is 2.13. The highest BCUT2D eigenvalue weighted by atomic mass is 19.1. The fourth-order valence-electron chi connectivity index (χ4n) is 2.13. The molecule has 4 heteroatoms. The molecule has 17 heavy (non-hydrogen) atoms. The smallest absolute Gasteiger partial charge is 0.335 e. The van der Waals surface area contributed by atoms with Crippen LogP contribution in [-0.2, 0) is 11.3 Å². The van der Waals surface area contributed by atoms with Crippen molar-refractivity contribution in [3.63, 3.8) is 0 Å². The quantitative estimate of drug-likeness (QED) is 0.877. The minimum atomic E-state index is -1.12. The summed E-state index contributed by atoms with van der Waals surface area (Å²) in [7, 11) is 0. The predicted molar refractivity (Wildman–Crippen MR) is 60.4 cm³/mol. The van der Waals surface area contributed by atoms with E-state index in [4.69, 9.17) is 9.84 Å². The van der Waals surface area contributed by atoms with Crippen LogP contribution in [0.15, 0.2) is 18.2 Å². The molecule has 2 rings (SSSR count). The zero-order valence-electron chi connectivity index (χ0n) is 9.49. The lowest BCUT2D eigenvalue weighted by atomic mass is 10.1. The van der Waals surface area contributed by atoms with Gasteiger partial charge in [0.1, 0.15) is 5.82 Å². The van der Waals surface area contributed by atoms with Crippen molar-refractivity contribution < 1.29 is 19.0 Å². The molecule has 0 aliphatic heterocycles. The van der Waals surface area contributed by atoms with Crippen LogP contribution >= 0.6 is 0 Å². The van der Waals surface area contributed by atoms with Gasteiger partial charge >= 0.3 is 5.97 Å². The summed E-state index contributed by atoms with van der Waals surface area (Å²) in [5.74, 6) is -1.65. The average Bonchev–Trinajstić information content (AvgIpc) is 2.78. The number of carboxylic acid groups (broad SMARTS) is 1. The van der Waals surface area contributed by atoms with Crippen molar-refractivity contribution in [3.8, 4) is 0 Å². The van der Waals surface area contributed by atoms with Gasteiger partial charge in [-0.3, -0.25) is 0 Å². The van der Waals surface area contributed by atoms with Gasteiger partial charge in [0.2, 0.25) is 0 Å². The second-order valence-corrected chi connectivity index (χ2v) is 4.37. The Labute approximate surface area is 99.2 Å². The third-order valence-corrected chi connectivity index (χ3v) is 2.99. The minimum absolute atomic E-state index is 0.0324. The molecular weight excluding hydrogens is 223 g/mol. The molecule has 1 aliphatic rings. The second-order valence-electron chi connectivity index (χ2n) is 4.37. The molecule has 1 aromatic rings. The van der Waals surface area contributed by atoms with Gasteiger partial charge in [-0.15, -0.1) is 0 Å². The summed E-state index contributed by atoms with van der Waals surface area (Å²) < 4.78 is 18.8. The average molecular weight is 238 g/mol. The Morgan fingerprint density at radius 1 is 1.35 bits per heavy atom. The number of hydrogen-bond donors (Lipinski definition) is 1. The van der Waals surface area contributed by atoms with E-state index in [-0.39, 0.29) is 18.3 Å². The first-order chi connectivity index (χ1) is 8.15. The summed E-state index contributed by atoms with van der Waals surface area (Å²) in [6.07, 6.45) is 4.68. The molecule has 0 bridgehead atoms. The van der Waals surface area contributed by atoms with Crippen molar-refractivity contribution in [1.82, 2.24) is 0 Å². The van der Waals surface area contributed by atoms with E-state index in [1.807, 2.05) is 0 Å². The van der Waals surface area contributed by atoms with E-state index >= 15 is 0 Å². The molecule has 0 amide bonds. The number of carbonyl (C=O) groups is 1. The highest BCUT2D eigenvalue weighted by Gasteiger charge is 2.15. The summed E-state index contributed by atoms with van der Waals surface area (Å²) in [5, 5.41) is 8.81. The van der Waals surface area contributed by atoms with Gasteiger partial charge in [0, 0.05) is 0 Å². The lowest BCUT2D eigenvalue weighted by molar-refractivity contribution is 0.0455. The van der Waals surface area contributed by atoms with Crippen LogP contribution in [-0.4, -0.2) is 17.2 Å². The third kappa shape index (κ3) is 3.27. The van der Waals surface area contributed by atoms with E-state index in [0.29, 0.717) is 5.56 Å². The molecule has 0 atom stereocenters. The summed E-state index contributed by atoms with van der Waals surface area (Å²) in [6, 6.07) is 3.79. The van der Waals surface area contributed by atoms with Gasteiger partial charge in [0.05, 0.1) is 18.3 Å². The molecule has 0 heterocycles.